The van der Waals surface area contributed by atoms with Crippen LogP contribution in [0.4, 0.5) is 8.78 Å². The first kappa shape index (κ1) is 16.4. The average Bonchev–Trinajstić information content (AvgIpc) is 3.32. The van der Waals surface area contributed by atoms with Crippen LogP contribution in [0.3, 0.4) is 0 Å². The van der Waals surface area contributed by atoms with E-state index in [0.717, 1.165) is 18.4 Å². The maximum atomic E-state index is 13.5. The van der Waals surface area contributed by atoms with Crippen molar-refractivity contribution in [3.63, 3.8) is 0 Å². The molecule has 0 spiro atoms. The first-order valence-electron chi connectivity index (χ1n) is 8.41. The van der Waals surface area contributed by atoms with Crippen LogP contribution in [-0.4, -0.2) is 22.5 Å². The SMILES string of the molecule is O=C(c1cc(-c2ccc(F)cc2)no1)N1CCC[C@@H]1c1cccc(F)c1. The normalized spacial score (nSPS) is 16.8. The van der Waals surface area contributed by atoms with Crippen LogP contribution in [0.2, 0.25) is 0 Å². The third kappa shape index (κ3) is 3.10. The van der Waals surface area contributed by atoms with Crippen LogP contribution in [0.15, 0.2) is 59.1 Å². The van der Waals surface area contributed by atoms with E-state index in [4.69, 9.17) is 4.52 Å². The molecule has 1 aliphatic rings. The van der Waals surface area contributed by atoms with Crippen molar-refractivity contribution in [2.75, 3.05) is 6.54 Å². The van der Waals surface area contributed by atoms with Crippen LogP contribution in [0, 0.1) is 11.6 Å². The Kier molecular flexibility index (Phi) is 4.24. The van der Waals surface area contributed by atoms with Gasteiger partial charge in [-0.3, -0.25) is 4.79 Å². The fourth-order valence-corrected chi connectivity index (χ4v) is 3.34. The average molecular weight is 354 g/mol. The van der Waals surface area contributed by atoms with Gasteiger partial charge in [-0.25, -0.2) is 8.78 Å². The molecule has 3 aromatic rings. The van der Waals surface area contributed by atoms with Crippen molar-refractivity contribution >= 4 is 5.91 Å². The highest BCUT2D eigenvalue weighted by Gasteiger charge is 2.32. The molecular weight excluding hydrogens is 338 g/mol. The number of carbonyl (C=O) groups is 1. The molecule has 1 aliphatic heterocycles. The summed E-state index contributed by atoms with van der Waals surface area (Å²) < 4.78 is 31.8. The lowest BCUT2D eigenvalue weighted by molar-refractivity contribution is 0.0693. The molecule has 0 unspecified atom stereocenters. The van der Waals surface area contributed by atoms with Crippen molar-refractivity contribution in [1.29, 1.82) is 0 Å². The highest BCUT2D eigenvalue weighted by molar-refractivity contribution is 5.93. The molecule has 132 valence electrons. The van der Waals surface area contributed by atoms with E-state index < -0.39 is 0 Å². The van der Waals surface area contributed by atoms with Crippen LogP contribution >= 0.6 is 0 Å². The van der Waals surface area contributed by atoms with Crippen molar-refractivity contribution in [3.05, 3.63) is 77.6 Å². The zero-order chi connectivity index (χ0) is 18.1. The Labute approximate surface area is 149 Å². The van der Waals surface area contributed by atoms with Crippen LogP contribution in [-0.2, 0) is 0 Å². The maximum Gasteiger partial charge on any atom is 0.292 e. The molecule has 0 bridgehead atoms. The molecule has 0 saturated carbocycles. The van der Waals surface area contributed by atoms with Gasteiger partial charge in [-0.05, 0) is 54.8 Å². The summed E-state index contributed by atoms with van der Waals surface area (Å²) in [7, 11) is 0. The van der Waals surface area contributed by atoms with Crippen LogP contribution in [0.5, 0.6) is 0 Å². The minimum absolute atomic E-state index is 0.118. The molecule has 1 fully saturated rings. The van der Waals surface area contributed by atoms with Crippen LogP contribution < -0.4 is 0 Å². The van der Waals surface area contributed by atoms with E-state index in [9.17, 15) is 13.6 Å². The number of nitrogens with zero attached hydrogens (tertiary/aromatic N) is 2. The number of hydrogen-bond acceptors (Lipinski definition) is 3. The van der Waals surface area contributed by atoms with Gasteiger partial charge in [0.25, 0.3) is 5.91 Å². The topological polar surface area (TPSA) is 46.3 Å². The quantitative estimate of drug-likeness (QED) is 0.691. The van der Waals surface area contributed by atoms with Crippen molar-refractivity contribution in [2.24, 2.45) is 0 Å². The number of rotatable bonds is 3. The van der Waals surface area contributed by atoms with Gasteiger partial charge in [0.15, 0.2) is 0 Å². The Hall–Kier alpha value is -3.02. The van der Waals surface area contributed by atoms with Crippen LogP contribution in [0.1, 0.15) is 35.0 Å². The molecule has 0 N–H and O–H groups in total. The van der Waals surface area contributed by atoms with Crippen LogP contribution in [0.25, 0.3) is 11.3 Å². The van der Waals surface area contributed by atoms with Gasteiger partial charge in [-0.1, -0.05) is 17.3 Å². The summed E-state index contributed by atoms with van der Waals surface area (Å²) in [6.07, 6.45) is 1.61. The van der Waals surface area contributed by atoms with Gasteiger partial charge in [0, 0.05) is 18.2 Å². The molecule has 2 aromatic carbocycles. The monoisotopic (exact) mass is 354 g/mol. The first-order valence-corrected chi connectivity index (χ1v) is 8.41. The molecule has 26 heavy (non-hydrogen) atoms. The van der Waals surface area contributed by atoms with Gasteiger partial charge >= 0.3 is 0 Å². The maximum absolute atomic E-state index is 13.5. The molecule has 0 aliphatic carbocycles. The molecular formula is C20H16F2N2O2. The summed E-state index contributed by atoms with van der Waals surface area (Å²) >= 11 is 0. The summed E-state index contributed by atoms with van der Waals surface area (Å²) in [5.74, 6) is -0.825. The number of aromatic nitrogens is 1. The number of benzene rings is 2. The van der Waals surface area contributed by atoms with E-state index in [1.54, 1.807) is 29.2 Å². The summed E-state index contributed by atoms with van der Waals surface area (Å²) in [5, 5.41) is 3.92. The van der Waals surface area contributed by atoms with Gasteiger partial charge in [-0.15, -0.1) is 0 Å². The second kappa shape index (κ2) is 6.71. The number of amides is 1. The second-order valence-corrected chi connectivity index (χ2v) is 6.29. The Morgan fingerprint density at radius 1 is 1.08 bits per heavy atom. The van der Waals surface area contributed by atoms with Crippen molar-refractivity contribution in [2.45, 2.75) is 18.9 Å². The molecule has 1 aromatic heterocycles. The Morgan fingerprint density at radius 2 is 1.88 bits per heavy atom. The minimum atomic E-state index is -0.344. The molecule has 1 amide bonds. The lowest BCUT2D eigenvalue weighted by Gasteiger charge is -2.23. The van der Waals surface area contributed by atoms with Gasteiger partial charge in [0.1, 0.15) is 17.3 Å². The summed E-state index contributed by atoms with van der Waals surface area (Å²) in [5.41, 5.74) is 1.90. The zero-order valence-electron chi connectivity index (χ0n) is 13.9. The molecule has 4 nitrogen and oxygen atoms in total. The van der Waals surface area contributed by atoms with Crippen molar-refractivity contribution in [1.82, 2.24) is 10.1 Å². The minimum Gasteiger partial charge on any atom is -0.350 e. The lowest BCUT2D eigenvalue weighted by Crippen LogP contribution is -2.30. The molecule has 1 atom stereocenters. The Morgan fingerprint density at radius 3 is 2.65 bits per heavy atom. The standard InChI is InChI=1S/C20H16F2N2O2/c21-15-8-6-13(7-9-15)17-12-19(26-23-17)20(25)24-10-2-5-18(24)14-3-1-4-16(22)11-14/h1,3-4,6-9,11-12,18H,2,5,10H2/t18-/m1/s1. The van der Waals surface area contributed by atoms with E-state index in [2.05, 4.69) is 5.16 Å². The predicted octanol–water partition coefficient (Wildman–Crippen LogP) is 4.60. The van der Waals surface area contributed by atoms with E-state index in [1.807, 2.05) is 6.07 Å². The molecule has 6 heteroatoms. The Bertz CT molecular complexity index is 937. The van der Waals surface area contributed by atoms with Crippen molar-refractivity contribution in [3.8, 4) is 11.3 Å². The van der Waals surface area contributed by atoms with E-state index in [1.165, 1.54) is 24.3 Å². The summed E-state index contributed by atoms with van der Waals surface area (Å²) in [4.78, 5) is 14.5. The fourth-order valence-electron chi connectivity index (χ4n) is 3.34. The van der Waals surface area contributed by atoms with Crippen molar-refractivity contribution < 1.29 is 18.1 Å². The van der Waals surface area contributed by atoms with E-state index >= 15 is 0 Å². The third-order valence-corrected chi connectivity index (χ3v) is 4.61. The summed E-state index contributed by atoms with van der Waals surface area (Å²) in [6, 6.07) is 13.5. The largest absolute Gasteiger partial charge is 0.350 e. The van der Waals surface area contributed by atoms with Gasteiger partial charge in [-0.2, -0.15) is 0 Å². The fraction of sp³-hybridized carbons (Fsp3) is 0.200. The molecule has 1 saturated heterocycles. The Balaban J connectivity index is 1.58. The molecule has 2 heterocycles. The molecule has 4 rings (SSSR count). The lowest BCUT2D eigenvalue weighted by atomic mass is 10.0. The van der Waals surface area contributed by atoms with Gasteiger partial charge < -0.3 is 9.42 Å². The van der Waals surface area contributed by atoms with E-state index in [0.29, 0.717) is 17.8 Å². The van der Waals surface area contributed by atoms with Gasteiger partial charge in [0.05, 0.1) is 6.04 Å². The second-order valence-electron chi connectivity index (χ2n) is 6.29. The smallest absolute Gasteiger partial charge is 0.292 e. The highest BCUT2D eigenvalue weighted by Crippen LogP contribution is 2.33. The molecule has 0 radical (unpaired) electrons. The number of halogens is 2. The highest BCUT2D eigenvalue weighted by atomic mass is 19.1. The third-order valence-electron chi connectivity index (χ3n) is 4.61. The van der Waals surface area contributed by atoms with Gasteiger partial charge in [0.2, 0.25) is 5.76 Å². The van der Waals surface area contributed by atoms with E-state index in [-0.39, 0.29) is 29.3 Å². The number of carbonyl (C=O) groups excluding carboxylic acids is 1. The number of hydrogen-bond donors (Lipinski definition) is 0. The summed E-state index contributed by atoms with van der Waals surface area (Å²) in [6.45, 7) is 0.576. The predicted molar refractivity (Wildman–Crippen MR) is 91.3 cm³/mol. The zero-order valence-corrected chi connectivity index (χ0v) is 13.9. The number of likely N-dealkylation sites (tertiary alicyclic amines) is 1. The first-order chi connectivity index (χ1) is 12.6.